The smallest absolute Gasteiger partial charge is 0.386 e. The second-order valence-electron chi connectivity index (χ2n) is 3.50. The van der Waals surface area contributed by atoms with Gasteiger partial charge in [0, 0.05) is 0 Å². The van der Waals surface area contributed by atoms with E-state index in [1.807, 2.05) is 0 Å². The number of alkyl halides is 3. The molecule has 1 aromatic carbocycles. The summed E-state index contributed by atoms with van der Waals surface area (Å²) in [5, 5.41) is 3.54. The fourth-order valence-electron chi connectivity index (χ4n) is 1.46. The molecule has 86 valence electrons. The van der Waals surface area contributed by atoms with E-state index in [0.29, 0.717) is 17.8 Å². The molecule has 0 fully saturated rings. The zero-order valence-electron chi connectivity index (χ0n) is 8.16. The summed E-state index contributed by atoms with van der Waals surface area (Å²) in [6.07, 6.45) is -4.28. The third-order valence-corrected chi connectivity index (χ3v) is 2.30. The lowest BCUT2D eigenvalue weighted by Crippen LogP contribution is -2.09. The van der Waals surface area contributed by atoms with E-state index in [1.165, 1.54) is 12.1 Å². The fourth-order valence-corrected chi connectivity index (χ4v) is 1.46. The van der Waals surface area contributed by atoms with E-state index in [9.17, 15) is 13.2 Å². The molecule has 2 rings (SSSR count). The summed E-state index contributed by atoms with van der Waals surface area (Å²) in [5.41, 5.74) is 5.37. The van der Waals surface area contributed by atoms with Gasteiger partial charge in [0.25, 0.3) is 0 Å². The van der Waals surface area contributed by atoms with Crippen LogP contribution in [0, 0.1) is 0 Å². The van der Waals surface area contributed by atoms with Crippen molar-refractivity contribution in [1.82, 2.24) is 0 Å². The lowest BCUT2D eigenvalue weighted by atomic mass is 10.0. The normalized spacial score (nSPS) is 20.4. The maximum atomic E-state index is 12.3. The first kappa shape index (κ1) is 10.8. The maximum absolute atomic E-state index is 12.3. The van der Waals surface area contributed by atoms with Gasteiger partial charge in [-0.25, -0.2) is 0 Å². The topological polar surface area (TPSA) is 47.6 Å². The van der Waals surface area contributed by atoms with Crippen molar-refractivity contribution >= 4 is 5.84 Å². The maximum Gasteiger partial charge on any atom is 0.416 e. The highest BCUT2D eigenvalue weighted by Gasteiger charge is 2.30. The van der Waals surface area contributed by atoms with Crippen LogP contribution in [0.5, 0.6) is 0 Å². The van der Waals surface area contributed by atoms with E-state index in [0.717, 1.165) is 12.1 Å². The molecule has 1 aromatic rings. The summed E-state index contributed by atoms with van der Waals surface area (Å²) in [5.74, 6) is 0.352. The molecular formula is C10H9F3N2O. The Hall–Kier alpha value is -1.72. The van der Waals surface area contributed by atoms with Crippen LogP contribution in [0.25, 0.3) is 0 Å². The molecule has 16 heavy (non-hydrogen) atoms. The van der Waals surface area contributed by atoms with Crippen LogP contribution in [0.15, 0.2) is 29.4 Å². The van der Waals surface area contributed by atoms with E-state index in [1.54, 1.807) is 0 Å². The van der Waals surface area contributed by atoms with Crippen LogP contribution < -0.4 is 5.73 Å². The molecular weight excluding hydrogens is 221 g/mol. The zero-order valence-corrected chi connectivity index (χ0v) is 8.16. The Morgan fingerprint density at radius 1 is 1.25 bits per heavy atom. The number of halogens is 3. The van der Waals surface area contributed by atoms with Crippen LogP contribution >= 0.6 is 0 Å². The Bertz CT molecular complexity index is 411. The summed E-state index contributed by atoms with van der Waals surface area (Å²) in [6, 6.07) is 4.80. The Balaban J connectivity index is 2.15. The number of hydrogen-bond donors (Lipinski definition) is 1. The van der Waals surface area contributed by atoms with E-state index in [4.69, 9.17) is 10.6 Å². The SMILES string of the molecule is NC1=NOC(c2ccc(C(F)(F)F)cc2)C1. The molecule has 0 saturated carbocycles. The van der Waals surface area contributed by atoms with E-state index >= 15 is 0 Å². The molecule has 0 amide bonds. The number of rotatable bonds is 1. The minimum Gasteiger partial charge on any atom is -0.386 e. The molecule has 1 heterocycles. The number of amidine groups is 1. The van der Waals surface area contributed by atoms with Crippen LogP contribution in [-0.4, -0.2) is 5.84 Å². The van der Waals surface area contributed by atoms with Crippen molar-refractivity contribution in [3.8, 4) is 0 Å². The molecule has 0 bridgehead atoms. The van der Waals surface area contributed by atoms with Gasteiger partial charge in [-0.05, 0) is 17.7 Å². The fraction of sp³-hybridized carbons (Fsp3) is 0.300. The van der Waals surface area contributed by atoms with Crippen molar-refractivity contribution in [2.24, 2.45) is 10.9 Å². The molecule has 0 saturated heterocycles. The minimum atomic E-state index is -4.31. The summed E-state index contributed by atoms with van der Waals surface area (Å²) < 4.78 is 36.9. The first-order valence-corrected chi connectivity index (χ1v) is 4.62. The molecule has 0 aromatic heterocycles. The van der Waals surface area contributed by atoms with Crippen LogP contribution in [0.3, 0.4) is 0 Å². The quantitative estimate of drug-likeness (QED) is 0.805. The Kier molecular flexibility index (Phi) is 2.49. The third kappa shape index (κ3) is 2.10. The van der Waals surface area contributed by atoms with Gasteiger partial charge in [-0.2, -0.15) is 13.2 Å². The Labute approximate surface area is 89.7 Å². The van der Waals surface area contributed by atoms with Gasteiger partial charge in [0.05, 0.1) is 12.0 Å². The number of nitrogens with two attached hydrogens (primary N) is 1. The summed E-state index contributed by atoms with van der Waals surface area (Å²) in [6.45, 7) is 0. The van der Waals surface area contributed by atoms with Gasteiger partial charge in [-0.1, -0.05) is 17.3 Å². The standard InChI is InChI=1S/C10H9F3N2O/c11-10(12,13)7-3-1-6(2-4-7)8-5-9(14)15-16-8/h1-4,8H,5H2,(H2,14,15). The average Bonchev–Trinajstić information content (AvgIpc) is 2.64. The second kappa shape index (κ2) is 3.70. The highest BCUT2D eigenvalue weighted by atomic mass is 19.4. The molecule has 6 heteroatoms. The number of hydrogen-bond acceptors (Lipinski definition) is 3. The van der Waals surface area contributed by atoms with Gasteiger partial charge >= 0.3 is 6.18 Å². The van der Waals surface area contributed by atoms with Crippen LogP contribution in [0.2, 0.25) is 0 Å². The first-order valence-electron chi connectivity index (χ1n) is 4.62. The van der Waals surface area contributed by atoms with Gasteiger partial charge in [0.15, 0.2) is 6.10 Å². The van der Waals surface area contributed by atoms with Gasteiger partial charge in [0.2, 0.25) is 0 Å². The molecule has 1 aliphatic heterocycles. The lowest BCUT2D eigenvalue weighted by Gasteiger charge is -2.10. The van der Waals surface area contributed by atoms with Gasteiger partial charge < -0.3 is 10.6 Å². The lowest BCUT2D eigenvalue weighted by molar-refractivity contribution is -0.137. The van der Waals surface area contributed by atoms with Crippen molar-refractivity contribution in [3.63, 3.8) is 0 Å². The van der Waals surface area contributed by atoms with Gasteiger partial charge in [-0.3, -0.25) is 0 Å². The van der Waals surface area contributed by atoms with Gasteiger partial charge in [-0.15, -0.1) is 0 Å². The molecule has 0 aliphatic carbocycles. The first-order chi connectivity index (χ1) is 7.47. The second-order valence-corrected chi connectivity index (χ2v) is 3.50. The monoisotopic (exact) mass is 230 g/mol. The van der Waals surface area contributed by atoms with Crippen molar-refractivity contribution in [2.75, 3.05) is 0 Å². The third-order valence-electron chi connectivity index (χ3n) is 2.30. The summed E-state index contributed by atoms with van der Waals surface area (Å²) in [7, 11) is 0. The van der Waals surface area contributed by atoms with E-state index < -0.39 is 11.7 Å². The molecule has 3 nitrogen and oxygen atoms in total. The zero-order chi connectivity index (χ0) is 11.8. The molecule has 0 radical (unpaired) electrons. The molecule has 0 spiro atoms. The average molecular weight is 230 g/mol. The number of oxime groups is 1. The van der Waals surface area contributed by atoms with Crippen molar-refractivity contribution in [1.29, 1.82) is 0 Å². The van der Waals surface area contributed by atoms with Crippen LogP contribution in [0.1, 0.15) is 23.7 Å². The highest BCUT2D eigenvalue weighted by Crippen LogP contribution is 2.32. The minimum absolute atomic E-state index is 0.352. The number of nitrogens with zero attached hydrogens (tertiary/aromatic N) is 1. The van der Waals surface area contributed by atoms with Crippen molar-refractivity contribution in [2.45, 2.75) is 18.7 Å². The van der Waals surface area contributed by atoms with E-state index in [2.05, 4.69) is 5.16 Å². The Morgan fingerprint density at radius 2 is 1.88 bits per heavy atom. The predicted octanol–water partition coefficient (Wildman–Crippen LogP) is 2.44. The summed E-state index contributed by atoms with van der Waals surface area (Å²) in [4.78, 5) is 4.96. The van der Waals surface area contributed by atoms with Crippen molar-refractivity contribution in [3.05, 3.63) is 35.4 Å². The summed E-state index contributed by atoms with van der Waals surface area (Å²) >= 11 is 0. The largest absolute Gasteiger partial charge is 0.416 e. The van der Waals surface area contributed by atoms with Crippen LogP contribution in [0.4, 0.5) is 13.2 Å². The van der Waals surface area contributed by atoms with Gasteiger partial charge in [0.1, 0.15) is 5.84 Å². The predicted molar refractivity (Wildman–Crippen MR) is 51.5 cm³/mol. The molecule has 2 N–H and O–H groups in total. The highest BCUT2D eigenvalue weighted by molar-refractivity contribution is 5.81. The van der Waals surface area contributed by atoms with Crippen LogP contribution in [-0.2, 0) is 11.0 Å². The molecule has 1 unspecified atom stereocenters. The number of benzene rings is 1. The van der Waals surface area contributed by atoms with Crippen molar-refractivity contribution < 1.29 is 18.0 Å². The molecule has 1 atom stereocenters. The van der Waals surface area contributed by atoms with E-state index in [-0.39, 0.29) is 6.10 Å². The molecule has 1 aliphatic rings. The Morgan fingerprint density at radius 3 is 2.31 bits per heavy atom.